The Balaban J connectivity index is 1.50. The Morgan fingerprint density at radius 2 is 1.88 bits per heavy atom. The van der Waals surface area contributed by atoms with Crippen LogP contribution in [0.2, 0.25) is 5.02 Å². The lowest BCUT2D eigenvalue weighted by atomic mass is 9.87. The average molecular weight is 563 g/mol. The average Bonchev–Trinajstić information content (AvgIpc) is 3.31. The lowest BCUT2D eigenvalue weighted by molar-refractivity contribution is 0.187. The number of nitrogens with zero attached hydrogens (tertiary/aromatic N) is 1. The van der Waals surface area contributed by atoms with Crippen LogP contribution < -0.4 is 10.1 Å². The summed E-state index contributed by atoms with van der Waals surface area (Å²) in [4.78, 5) is 14.1. The SMILES string of the molecule is COC(=O)Nc1ccc2c(c1)CCCC(c1ccc(C)cc1Cl)=C2c1ccc(O[C@H]2CCN(CCCF)C2)cc1. The second-order valence-corrected chi connectivity index (χ2v) is 11.0. The number of carbonyl (C=O) groups excluding carboxylic acids is 1. The molecule has 1 N–H and O–H groups in total. The van der Waals surface area contributed by atoms with Crippen molar-refractivity contribution in [3.63, 3.8) is 0 Å². The number of rotatable bonds is 8. The van der Waals surface area contributed by atoms with Crippen molar-refractivity contribution in [2.75, 3.05) is 38.7 Å². The normalized spacial score (nSPS) is 17.4. The molecule has 2 aliphatic rings. The number of halogens is 2. The number of aryl methyl sites for hydroxylation is 2. The van der Waals surface area contributed by atoms with Crippen molar-refractivity contribution in [1.29, 1.82) is 0 Å². The van der Waals surface area contributed by atoms with Crippen LogP contribution in [0.4, 0.5) is 14.9 Å². The predicted molar refractivity (Wildman–Crippen MR) is 160 cm³/mol. The molecule has 1 aliphatic heterocycles. The van der Waals surface area contributed by atoms with Crippen molar-refractivity contribution < 1.29 is 18.7 Å². The van der Waals surface area contributed by atoms with Crippen molar-refractivity contribution in [1.82, 2.24) is 4.90 Å². The third-order valence-electron chi connectivity index (χ3n) is 7.71. The first kappa shape index (κ1) is 28.2. The summed E-state index contributed by atoms with van der Waals surface area (Å²) in [6.45, 7) is 4.33. The summed E-state index contributed by atoms with van der Waals surface area (Å²) in [5, 5.41) is 3.54. The van der Waals surface area contributed by atoms with Gasteiger partial charge in [0, 0.05) is 30.3 Å². The van der Waals surface area contributed by atoms with Crippen LogP contribution in [-0.4, -0.2) is 50.5 Å². The lowest BCUT2D eigenvalue weighted by Gasteiger charge is -2.19. The fraction of sp³-hybridized carbons (Fsp3) is 0.364. The minimum atomic E-state index is -0.486. The van der Waals surface area contributed by atoms with Gasteiger partial charge in [-0.05, 0) is 108 Å². The number of methoxy groups -OCH3 is 1. The van der Waals surface area contributed by atoms with Gasteiger partial charge in [0.1, 0.15) is 11.9 Å². The lowest BCUT2D eigenvalue weighted by Crippen LogP contribution is -2.26. The molecule has 1 fully saturated rings. The molecule has 40 heavy (non-hydrogen) atoms. The molecule has 0 spiro atoms. The van der Waals surface area contributed by atoms with E-state index in [1.165, 1.54) is 18.2 Å². The van der Waals surface area contributed by atoms with Gasteiger partial charge < -0.3 is 9.47 Å². The van der Waals surface area contributed by atoms with E-state index in [1.807, 2.05) is 37.3 Å². The van der Waals surface area contributed by atoms with Gasteiger partial charge in [0.05, 0.1) is 13.8 Å². The molecule has 7 heteroatoms. The Hall–Kier alpha value is -3.35. The monoisotopic (exact) mass is 562 g/mol. The van der Waals surface area contributed by atoms with E-state index in [4.69, 9.17) is 21.1 Å². The van der Waals surface area contributed by atoms with Gasteiger partial charge in [-0.25, -0.2) is 4.79 Å². The largest absolute Gasteiger partial charge is 0.489 e. The van der Waals surface area contributed by atoms with Crippen molar-refractivity contribution in [2.24, 2.45) is 0 Å². The molecule has 0 aromatic heterocycles. The van der Waals surface area contributed by atoms with Crippen LogP contribution in [0.15, 0.2) is 60.7 Å². The molecule has 0 saturated carbocycles. The summed E-state index contributed by atoms with van der Waals surface area (Å²) >= 11 is 6.82. The Morgan fingerprint density at radius 3 is 2.62 bits per heavy atom. The van der Waals surface area contributed by atoms with Crippen LogP contribution in [0.1, 0.15) is 53.5 Å². The Bertz CT molecular complexity index is 1390. The van der Waals surface area contributed by atoms with Gasteiger partial charge in [-0.15, -0.1) is 0 Å². The van der Waals surface area contributed by atoms with Crippen molar-refractivity contribution >= 4 is 34.5 Å². The van der Waals surface area contributed by atoms with E-state index in [-0.39, 0.29) is 12.8 Å². The zero-order chi connectivity index (χ0) is 28.1. The summed E-state index contributed by atoms with van der Waals surface area (Å²) in [7, 11) is 1.36. The summed E-state index contributed by atoms with van der Waals surface area (Å²) in [6.07, 6.45) is 3.87. The number of likely N-dealkylation sites (tertiary alicyclic amines) is 1. The quantitative estimate of drug-likeness (QED) is 0.303. The van der Waals surface area contributed by atoms with Crippen LogP contribution in [0.25, 0.3) is 11.1 Å². The molecule has 5 rings (SSSR count). The number of alkyl halides is 1. The van der Waals surface area contributed by atoms with E-state index in [0.717, 1.165) is 83.9 Å². The molecule has 0 bridgehead atoms. The highest BCUT2D eigenvalue weighted by Crippen LogP contribution is 2.42. The summed E-state index contributed by atoms with van der Waals surface area (Å²) in [5.41, 5.74) is 8.63. The highest BCUT2D eigenvalue weighted by Gasteiger charge is 2.25. The molecular formula is C33H36ClFN2O3. The van der Waals surface area contributed by atoms with Crippen LogP contribution in [0.3, 0.4) is 0 Å². The van der Waals surface area contributed by atoms with Gasteiger partial charge in [-0.3, -0.25) is 14.6 Å². The standard InChI is InChI=1S/C33H36ClFN2O3/c1-22-7-13-29(31(34)19-22)30-6-3-5-24-20-25(36-33(38)39-2)10-14-28(24)32(30)23-8-11-26(12-9-23)40-27-15-18-37(21-27)17-4-16-35/h7-14,19-20,27H,3-6,15-18,21H2,1-2H3,(H,36,38)/t27-/m0/s1. The molecule has 210 valence electrons. The van der Waals surface area contributed by atoms with Gasteiger partial charge in [-0.2, -0.15) is 0 Å². The fourth-order valence-electron chi connectivity index (χ4n) is 5.77. The predicted octanol–water partition coefficient (Wildman–Crippen LogP) is 7.93. The Morgan fingerprint density at radius 1 is 1.07 bits per heavy atom. The summed E-state index contributed by atoms with van der Waals surface area (Å²) in [5.74, 6) is 0.836. The number of amides is 1. The van der Waals surface area contributed by atoms with Crippen LogP contribution >= 0.6 is 11.6 Å². The zero-order valence-electron chi connectivity index (χ0n) is 23.1. The van der Waals surface area contributed by atoms with Gasteiger partial charge in [0.15, 0.2) is 0 Å². The van der Waals surface area contributed by atoms with Crippen LogP contribution in [-0.2, 0) is 11.2 Å². The molecule has 1 atom stereocenters. The first-order valence-corrected chi connectivity index (χ1v) is 14.4. The molecule has 3 aromatic rings. The second kappa shape index (κ2) is 12.9. The highest BCUT2D eigenvalue weighted by atomic mass is 35.5. The second-order valence-electron chi connectivity index (χ2n) is 10.6. The molecule has 1 amide bonds. The van der Waals surface area contributed by atoms with E-state index >= 15 is 0 Å². The number of ether oxygens (including phenoxy) is 2. The number of benzene rings is 3. The number of anilines is 1. The first-order valence-electron chi connectivity index (χ1n) is 14.0. The number of allylic oxidation sites excluding steroid dienone is 1. The van der Waals surface area contributed by atoms with E-state index in [9.17, 15) is 9.18 Å². The smallest absolute Gasteiger partial charge is 0.411 e. The highest BCUT2D eigenvalue weighted by molar-refractivity contribution is 6.32. The van der Waals surface area contributed by atoms with Gasteiger partial charge >= 0.3 is 6.09 Å². The summed E-state index contributed by atoms with van der Waals surface area (Å²) in [6, 6.07) is 20.6. The van der Waals surface area contributed by atoms with Gasteiger partial charge in [0.25, 0.3) is 0 Å². The number of hydrogen-bond donors (Lipinski definition) is 1. The van der Waals surface area contributed by atoms with Crippen LogP contribution in [0, 0.1) is 6.92 Å². The molecule has 0 unspecified atom stereocenters. The van der Waals surface area contributed by atoms with E-state index in [1.54, 1.807) is 0 Å². The molecular weight excluding hydrogens is 527 g/mol. The van der Waals surface area contributed by atoms with Crippen molar-refractivity contribution in [3.8, 4) is 5.75 Å². The molecule has 1 heterocycles. The maximum absolute atomic E-state index is 12.6. The van der Waals surface area contributed by atoms with Gasteiger partial charge in [0.2, 0.25) is 0 Å². The number of carbonyl (C=O) groups is 1. The van der Waals surface area contributed by atoms with E-state index < -0.39 is 6.09 Å². The van der Waals surface area contributed by atoms with Gasteiger partial charge in [-0.1, -0.05) is 41.9 Å². The molecule has 5 nitrogen and oxygen atoms in total. The maximum atomic E-state index is 12.6. The first-order chi connectivity index (χ1) is 19.4. The van der Waals surface area contributed by atoms with E-state index in [2.05, 4.69) is 40.5 Å². The van der Waals surface area contributed by atoms with Crippen LogP contribution in [0.5, 0.6) is 5.75 Å². The third-order valence-corrected chi connectivity index (χ3v) is 8.03. The Kier molecular flexibility index (Phi) is 9.08. The number of hydrogen-bond acceptors (Lipinski definition) is 4. The van der Waals surface area contributed by atoms with Crippen molar-refractivity contribution in [2.45, 2.75) is 45.1 Å². The minimum absolute atomic E-state index is 0.117. The molecule has 0 radical (unpaired) electrons. The topological polar surface area (TPSA) is 50.8 Å². The Labute approximate surface area is 240 Å². The molecule has 1 saturated heterocycles. The van der Waals surface area contributed by atoms with E-state index in [0.29, 0.717) is 12.1 Å². The third kappa shape index (κ3) is 6.51. The summed E-state index contributed by atoms with van der Waals surface area (Å²) < 4.78 is 23.7. The fourth-order valence-corrected chi connectivity index (χ4v) is 6.12. The molecule has 1 aliphatic carbocycles. The molecule has 3 aromatic carbocycles. The zero-order valence-corrected chi connectivity index (χ0v) is 23.9. The number of fused-ring (bicyclic) bond motifs is 1. The minimum Gasteiger partial charge on any atom is -0.489 e. The number of nitrogens with one attached hydrogen (secondary N) is 1. The van der Waals surface area contributed by atoms with Crippen molar-refractivity contribution in [3.05, 3.63) is 93.5 Å². The maximum Gasteiger partial charge on any atom is 0.411 e.